The Hall–Kier alpha value is -0.970. The zero-order valence-corrected chi connectivity index (χ0v) is 16.2. The molecule has 25 heavy (non-hydrogen) atoms. The molecule has 0 spiro atoms. The minimum Gasteiger partial charge on any atom is -0.482 e. The van der Waals surface area contributed by atoms with Crippen LogP contribution in [0.25, 0.3) is 0 Å². The number of likely N-dealkylation sites (tertiary alicyclic amines) is 1. The summed E-state index contributed by atoms with van der Waals surface area (Å²) < 4.78 is 5.63. The van der Waals surface area contributed by atoms with Crippen LogP contribution < -0.4 is 4.74 Å². The van der Waals surface area contributed by atoms with Gasteiger partial charge in [0.25, 0.3) is 5.91 Å². The molecule has 1 aromatic carbocycles. The van der Waals surface area contributed by atoms with Crippen molar-refractivity contribution in [3.05, 3.63) is 28.2 Å². The Labute approximate surface area is 160 Å². The summed E-state index contributed by atoms with van der Waals surface area (Å²) >= 11 is 12.1. The predicted molar refractivity (Wildman–Crippen MR) is 102 cm³/mol. The van der Waals surface area contributed by atoms with Crippen LogP contribution in [-0.2, 0) is 4.79 Å². The molecule has 0 N–H and O–H groups in total. The lowest BCUT2D eigenvalue weighted by Crippen LogP contribution is -2.53. The van der Waals surface area contributed by atoms with E-state index in [9.17, 15) is 4.79 Å². The van der Waals surface area contributed by atoms with Gasteiger partial charge in [-0.1, -0.05) is 42.1 Å². The average molecular weight is 385 g/mol. The number of hydrogen-bond acceptors (Lipinski definition) is 3. The summed E-state index contributed by atoms with van der Waals surface area (Å²) in [6, 6.07) is 5.96. The van der Waals surface area contributed by atoms with Crippen molar-refractivity contribution in [1.82, 2.24) is 9.80 Å². The molecule has 138 valence electrons. The van der Waals surface area contributed by atoms with Crippen molar-refractivity contribution in [3.8, 4) is 5.75 Å². The van der Waals surface area contributed by atoms with E-state index in [-0.39, 0.29) is 18.6 Å². The van der Waals surface area contributed by atoms with Gasteiger partial charge in [0.15, 0.2) is 6.61 Å². The van der Waals surface area contributed by atoms with Gasteiger partial charge in [0.05, 0.1) is 5.02 Å². The van der Waals surface area contributed by atoms with Crippen molar-refractivity contribution in [2.75, 3.05) is 26.7 Å². The maximum Gasteiger partial charge on any atom is 0.260 e. The molecule has 1 saturated carbocycles. The van der Waals surface area contributed by atoms with Gasteiger partial charge in [0, 0.05) is 19.1 Å². The third-order valence-corrected chi connectivity index (χ3v) is 6.26. The number of likely N-dealkylation sites (N-methyl/N-ethyl adjacent to an activating group) is 1. The van der Waals surface area contributed by atoms with E-state index in [1.54, 1.807) is 18.2 Å². The third-order valence-electron chi connectivity index (χ3n) is 5.46. The Morgan fingerprint density at radius 2 is 1.92 bits per heavy atom. The van der Waals surface area contributed by atoms with Gasteiger partial charge in [-0.2, -0.15) is 0 Å². The van der Waals surface area contributed by atoms with E-state index in [0.717, 1.165) is 19.5 Å². The second-order valence-electron chi connectivity index (χ2n) is 7.01. The second kappa shape index (κ2) is 8.61. The Morgan fingerprint density at radius 3 is 2.68 bits per heavy atom. The highest BCUT2D eigenvalue weighted by Crippen LogP contribution is 2.32. The van der Waals surface area contributed by atoms with E-state index in [2.05, 4.69) is 4.90 Å². The van der Waals surface area contributed by atoms with E-state index in [0.29, 0.717) is 21.8 Å². The first-order valence-corrected chi connectivity index (χ1v) is 9.90. The lowest BCUT2D eigenvalue weighted by atomic mass is 9.88. The zero-order valence-electron chi connectivity index (χ0n) is 14.7. The summed E-state index contributed by atoms with van der Waals surface area (Å²) in [5.41, 5.74) is 0. The number of amides is 1. The number of rotatable bonds is 5. The van der Waals surface area contributed by atoms with Crippen molar-refractivity contribution in [2.24, 2.45) is 0 Å². The summed E-state index contributed by atoms with van der Waals surface area (Å²) in [5, 5.41) is 0.786. The Morgan fingerprint density at radius 1 is 1.20 bits per heavy atom. The highest BCUT2D eigenvalue weighted by Gasteiger charge is 2.35. The molecule has 1 heterocycles. The lowest BCUT2D eigenvalue weighted by Gasteiger charge is -2.42. The van der Waals surface area contributed by atoms with E-state index >= 15 is 0 Å². The molecule has 3 rings (SSSR count). The number of ether oxygens (including phenoxy) is 1. The molecule has 2 fully saturated rings. The van der Waals surface area contributed by atoms with Gasteiger partial charge in [0.2, 0.25) is 0 Å². The molecular formula is C19H26Cl2N2O2. The molecular weight excluding hydrogens is 359 g/mol. The van der Waals surface area contributed by atoms with Crippen molar-refractivity contribution >= 4 is 29.1 Å². The summed E-state index contributed by atoms with van der Waals surface area (Å²) in [7, 11) is 1.91. The van der Waals surface area contributed by atoms with Gasteiger partial charge in [-0.15, -0.1) is 0 Å². The smallest absolute Gasteiger partial charge is 0.260 e. The van der Waals surface area contributed by atoms with Crippen LogP contribution >= 0.6 is 23.2 Å². The molecule has 0 aromatic heterocycles. The van der Waals surface area contributed by atoms with Crippen molar-refractivity contribution in [2.45, 2.75) is 50.6 Å². The first-order chi connectivity index (χ1) is 12.1. The van der Waals surface area contributed by atoms with E-state index < -0.39 is 0 Å². The molecule has 0 unspecified atom stereocenters. The fraction of sp³-hybridized carbons (Fsp3) is 0.632. The highest BCUT2D eigenvalue weighted by atomic mass is 35.5. The first kappa shape index (κ1) is 18.8. The minimum absolute atomic E-state index is 0.00728. The topological polar surface area (TPSA) is 32.8 Å². The average Bonchev–Trinajstić information content (AvgIpc) is 3.16. The number of hydrogen-bond donors (Lipinski definition) is 0. The number of halogens is 2. The van der Waals surface area contributed by atoms with Crippen molar-refractivity contribution < 1.29 is 9.53 Å². The maximum atomic E-state index is 12.7. The van der Waals surface area contributed by atoms with Crippen LogP contribution in [0.4, 0.5) is 0 Å². The summed E-state index contributed by atoms with van der Waals surface area (Å²) in [4.78, 5) is 17.1. The van der Waals surface area contributed by atoms with Crippen LogP contribution in [0.5, 0.6) is 5.75 Å². The molecule has 1 aromatic rings. The van der Waals surface area contributed by atoms with Crippen LogP contribution in [0.1, 0.15) is 38.5 Å². The van der Waals surface area contributed by atoms with Gasteiger partial charge >= 0.3 is 0 Å². The number of benzene rings is 1. The van der Waals surface area contributed by atoms with Crippen LogP contribution in [0.2, 0.25) is 10.0 Å². The largest absolute Gasteiger partial charge is 0.482 e. The van der Waals surface area contributed by atoms with Crippen molar-refractivity contribution in [3.63, 3.8) is 0 Å². The van der Waals surface area contributed by atoms with Gasteiger partial charge < -0.3 is 9.64 Å². The molecule has 1 aliphatic carbocycles. The van der Waals surface area contributed by atoms with Crippen LogP contribution in [0, 0.1) is 0 Å². The molecule has 0 radical (unpaired) electrons. The molecule has 2 aliphatic rings. The Balaban J connectivity index is 1.61. The minimum atomic E-state index is -0.0141. The summed E-state index contributed by atoms with van der Waals surface area (Å²) in [6.07, 6.45) is 7.25. The van der Waals surface area contributed by atoms with Crippen molar-refractivity contribution in [1.29, 1.82) is 0 Å². The molecule has 1 amide bonds. The number of nitrogens with zero attached hydrogens (tertiary/aromatic N) is 2. The number of carbonyl (C=O) groups excluding carboxylic acids is 1. The zero-order chi connectivity index (χ0) is 17.8. The molecule has 0 bridgehead atoms. The van der Waals surface area contributed by atoms with Crippen LogP contribution in [-0.4, -0.2) is 54.5 Å². The molecule has 4 nitrogen and oxygen atoms in total. The highest BCUT2D eigenvalue weighted by molar-refractivity contribution is 6.42. The normalized spacial score (nSPS) is 24.3. The predicted octanol–water partition coefficient (Wildman–Crippen LogP) is 4.24. The molecule has 6 heteroatoms. The lowest BCUT2D eigenvalue weighted by molar-refractivity contribution is -0.136. The molecule has 2 atom stereocenters. The standard InChI is InChI=1S/C19H26Cl2N2O2/c1-22(15-8-2-3-9-16(15)23-11-4-5-12-23)18(24)13-25-17-10-6-7-14(20)19(17)21/h6-7,10,15-16H,2-5,8-9,11-13H2,1H3/t15-,16-/m0/s1. The van der Waals surface area contributed by atoms with Gasteiger partial charge in [-0.05, 0) is 50.9 Å². The Bertz CT molecular complexity index is 605. The fourth-order valence-electron chi connectivity index (χ4n) is 4.06. The SMILES string of the molecule is CN(C(=O)COc1cccc(Cl)c1Cl)[C@H]1CCCC[C@@H]1N1CCCC1. The van der Waals surface area contributed by atoms with E-state index in [1.165, 1.54) is 32.1 Å². The first-order valence-electron chi connectivity index (χ1n) is 9.14. The van der Waals surface area contributed by atoms with Crippen LogP contribution in [0.3, 0.4) is 0 Å². The summed E-state index contributed by atoms with van der Waals surface area (Å²) in [6.45, 7) is 2.31. The monoisotopic (exact) mass is 384 g/mol. The molecule has 1 saturated heterocycles. The van der Waals surface area contributed by atoms with E-state index in [1.807, 2.05) is 11.9 Å². The van der Waals surface area contributed by atoms with Gasteiger partial charge in [-0.25, -0.2) is 0 Å². The number of carbonyl (C=O) groups is 1. The fourth-order valence-corrected chi connectivity index (χ4v) is 4.41. The summed E-state index contributed by atoms with van der Waals surface area (Å²) in [5.74, 6) is 0.447. The second-order valence-corrected chi connectivity index (χ2v) is 7.79. The van der Waals surface area contributed by atoms with Gasteiger partial charge in [0.1, 0.15) is 10.8 Å². The molecule has 1 aliphatic heterocycles. The quantitative estimate of drug-likeness (QED) is 0.760. The van der Waals surface area contributed by atoms with E-state index in [4.69, 9.17) is 27.9 Å². The Kier molecular flexibility index (Phi) is 6.48. The third kappa shape index (κ3) is 4.42. The van der Waals surface area contributed by atoms with Gasteiger partial charge in [-0.3, -0.25) is 9.69 Å². The maximum absolute atomic E-state index is 12.7. The van der Waals surface area contributed by atoms with Crippen LogP contribution in [0.15, 0.2) is 18.2 Å².